The molecule has 5 unspecified atom stereocenters. The molecule has 326 valence electrons. The van der Waals surface area contributed by atoms with E-state index in [2.05, 4.69) is 26.3 Å². The third-order valence-corrected chi connectivity index (χ3v) is 11.1. The van der Waals surface area contributed by atoms with Crippen molar-refractivity contribution in [1.82, 2.24) is 30.9 Å². The zero-order valence-corrected chi connectivity index (χ0v) is 35.0. The SMILES string of the molecule is C/C=C/COCC(COCCOc1c(C)cc(C(=O)NCCCC2OC(C(=O)O)CCC2NC(=O)Cn2cc(C3CCCCC3)nn2)cc1C)NC(=O)C1CCCOC1. The maximum Gasteiger partial charge on any atom is 0.332 e. The van der Waals surface area contributed by atoms with Crippen molar-refractivity contribution < 1.29 is 48.0 Å². The highest BCUT2D eigenvalue weighted by molar-refractivity contribution is 5.94. The zero-order valence-electron chi connectivity index (χ0n) is 35.0. The number of carbonyl (C=O) groups excluding carboxylic acids is 3. The van der Waals surface area contributed by atoms with E-state index in [9.17, 15) is 24.3 Å². The fourth-order valence-electron chi connectivity index (χ4n) is 8.00. The number of carboxylic acids is 1. The topological polar surface area (TPSA) is 201 Å². The van der Waals surface area contributed by atoms with Crippen molar-refractivity contribution in [2.75, 3.05) is 52.8 Å². The Bertz CT molecular complexity index is 1670. The Morgan fingerprint density at radius 2 is 1.78 bits per heavy atom. The molecule has 16 nitrogen and oxygen atoms in total. The first-order chi connectivity index (χ1) is 28.6. The number of aromatic nitrogens is 3. The number of amides is 3. The number of hydrogen-bond donors (Lipinski definition) is 4. The maximum atomic E-state index is 13.2. The zero-order chi connectivity index (χ0) is 42.0. The van der Waals surface area contributed by atoms with Crippen molar-refractivity contribution in [3.8, 4) is 5.75 Å². The number of benzene rings is 1. The van der Waals surface area contributed by atoms with Crippen LogP contribution in [0.3, 0.4) is 0 Å². The number of nitrogens with one attached hydrogen (secondary N) is 3. The number of hydrogen-bond acceptors (Lipinski definition) is 11. The second-order valence-corrected chi connectivity index (χ2v) is 15.9. The van der Waals surface area contributed by atoms with Gasteiger partial charge in [0.25, 0.3) is 5.91 Å². The fraction of sp³-hybridized carbons (Fsp3) is 0.674. The fourth-order valence-corrected chi connectivity index (χ4v) is 8.00. The lowest BCUT2D eigenvalue weighted by Crippen LogP contribution is -2.51. The summed E-state index contributed by atoms with van der Waals surface area (Å²) in [4.78, 5) is 50.8. The molecule has 1 aliphatic carbocycles. The number of aliphatic carboxylic acids is 1. The van der Waals surface area contributed by atoms with E-state index < -0.39 is 18.2 Å². The van der Waals surface area contributed by atoms with Crippen LogP contribution in [0, 0.1) is 19.8 Å². The van der Waals surface area contributed by atoms with Crippen LogP contribution < -0.4 is 20.7 Å². The number of ether oxygens (including phenoxy) is 5. The van der Waals surface area contributed by atoms with Crippen molar-refractivity contribution >= 4 is 23.7 Å². The Morgan fingerprint density at radius 3 is 2.51 bits per heavy atom. The Kier molecular flexibility index (Phi) is 18.6. The molecule has 5 rings (SSSR count). The van der Waals surface area contributed by atoms with Crippen LogP contribution >= 0.6 is 0 Å². The molecule has 3 amide bonds. The van der Waals surface area contributed by atoms with Gasteiger partial charge in [-0.1, -0.05) is 36.6 Å². The third-order valence-electron chi connectivity index (χ3n) is 11.1. The van der Waals surface area contributed by atoms with Gasteiger partial charge in [0, 0.05) is 30.8 Å². The molecule has 5 atom stereocenters. The summed E-state index contributed by atoms with van der Waals surface area (Å²) in [5.74, 6) is -0.673. The first kappa shape index (κ1) is 45.7. The van der Waals surface area contributed by atoms with Crippen LogP contribution in [0.1, 0.15) is 111 Å². The smallest absolute Gasteiger partial charge is 0.332 e. The lowest BCUT2D eigenvalue weighted by molar-refractivity contribution is -0.162. The van der Waals surface area contributed by atoms with Crippen LogP contribution in [0.4, 0.5) is 0 Å². The molecule has 1 saturated carbocycles. The van der Waals surface area contributed by atoms with Gasteiger partial charge >= 0.3 is 5.97 Å². The lowest BCUT2D eigenvalue weighted by atomic mass is 9.87. The van der Waals surface area contributed by atoms with Crippen molar-refractivity contribution in [3.05, 3.63) is 52.9 Å². The van der Waals surface area contributed by atoms with E-state index in [-0.39, 0.29) is 61.9 Å². The van der Waals surface area contributed by atoms with Gasteiger partial charge in [0.1, 0.15) is 18.9 Å². The Morgan fingerprint density at radius 1 is 1.00 bits per heavy atom. The molecule has 2 aliphatic heterocycles. The number of allylic oxidation sites excluding steroid dienone is 1. The summed E-state index contributed by atoms with van der Waals surface area (Å²) in [5, 5.41) is 27.2. The molecule has 1 aromatic heterocycles. The van der Waals surface area contributed by atoms with Gasteiger partial charge in [-0.05, 0) is 95.4 Å². The summed E-state index contributed by atoms with van der Waals surface area (Å²) in [6.07, 6.45) is 13.4. The normalized spacial score (nSPS) is 21.8. The highest BCUT2D eigenvalue weighted by Crippen LogP contribution is 2.31. The maximum absolute atomic E-state index is 13.2. The standard InChI is InChI=1S/C43H64N6O10/c1-4-5-18-56-27-34(45-42(52)32-13-10-19-55-26-32)28-57-20-21-58-40-29(2)22-33(23-30(40)3)41(51)44-17-9-14-37-35(15-16-38(59-37)43(53)54)46-39(50)25-49-24-36(47-48-49)31-11-7-6-8-12-31/h4-5,22-24,31-32,34-35,37-38H,6-21,25-28H2,1-3H3,(H,44,51)(H,45,52)(H,46,50)(H,53,54)/b5-4+. The van der Waals surface area contributed by atoms with Gasteiger partial charge in [-0.25, -0.2) is 9.48 Å². The van der Waals surface area contributed by atoms with Gasteiger partial charge < -0.3 is 44.7 Å². The minimum Gasteiger partial charge on any atom is -0.491 e. The highest BCUT2D eigenvalue weighted by Gasteiger charge is 2.35. The summed E-state index contributed by atoms with van der Waals surface area (Å²) in [7, 11) is 0. The van der Waals surface area contributed by atoms with E-state index in [0.717, 1.165) is 42.5 Å². The number of carbonyl (C=O) groups is 4. The minimum absolute atomic E-state index is 0.0175. The van der Waals surface area contributed by atoms with E-state index in [1.54, 1.807) is 16.8 Å². The van der Waals surface area contributed by atoms with E-state index >= 15 is 0 Å². The largest absolute Gasteiger partial charge is 0.491 e. The van der Waals surface area contributed by atoms with Gasteiger partial charge in [-0.2, -0.15) is 0 Å². The average molecular weight is 825 g/mol. The molecular weight excluding hydrogens is 761 g/mol. The highest BCUT2D eigenvalue weighted by atomic mass is 16.5. The van der Waals surface area contributed by atoms with Gasteiger partial charge in [0.05, 0.1) is 62.8 Å². The Balaban J connectivity index is 1.04. The Hall–Kier alpha value is -4.38. The molecule has 3 heterocycles. The van der Waals surface area contributed by atoms with E-state index in [1.165, 1.54) is 19.3 Å². The van der Waals surface area contributed by atoms with Crippen molar-refractivity contribution in [1.29, 1.82) is 0 Å². The molecule has 0 spiro atoms. The van der Waals surface area contributed by atoms with Gasteiger partial charge in [0.15, 0.2) is 6.10 Å². The summed E-state index contributed by atoms with van der Waals surface area (Å²) in [5.41, 5.74) is 3.03. The summed E-state index contributed by atoms with van der Waals surface area (Å²) in [6.45, 7) is 8.76. The van der Waals surface area contributed by atoms with E-state index in [1.807, 2.05) is 39.1 Å². The van der Waals surface area contributed by atoms with Crippen LogP contribution in [0.25, 0.3) is 0 Å². The average Bonchev–Trinajstić information content (AvgIpc) is 3.70. The summed E-state index contributed by atoms with van der Waals surface area (Å²) >= 11 is 0. The molecule has 3 aliphatic rings. The quantitative estimate of drug-likeness (QED) is 0.0978. The molecule has 59 heavy (non-hydrogen) atoms. The second-order valence-electron chi connectivity index (χ2n) is 15.9. The summed E-state index contributed by atoms with van der Waals surface area (Å²) < 4.78 is 30.6. The van der Waals surface area contributed by atoms with E-state index in [4.69, 9.17) is 23.7 Å². The van der Waals surface area contributed by atoms with Gasteiger partial charge in [-0.3, -0.25) is 14.4 Å². The molecule has 3 fully saturated rings. The number of rotatable bonds is 22. The number of aryl methyl sites for hydroxylation is 2. The molecular formula is C43H64N6O10. The predicted octanol–water partition coefficient (Wildman–Crippen LogP) is 4.17. The Labute approximate surface area is 347 Å². The van der Waals surface area contributed by atoms with Crippen molar-refractivity contribution in [2.24, 2.45) is 5.92 Å². The first-order valence-electron chi connectivity index (χ1n) is 21.4. The third kappa shape index (κ3) is 14.7. The van der Waals surface area contributed by atoms with Crippen molar-refractivity contribution in [2.45, 2.75) is 128 Å². The van der Waals surface area contributed by atoms with Crippen LogP contribution in [0.2, 0.25) is 0 Å². The number of carboxylic acid groups (broad SMARTS) is 1. The minimum atomic E-state index is -1.03. The van der Waals surface area contributed by atoms with Crippen LogP contribution in [0.15, 0.2) is 30.5 Å². The van der Waals surface area contributed by atoms with E-state index in [0.29, 0.717) is 76.1 Å². The van der Waals surface area contributed by atoms with Crippen molar-refractivity contribution in [3.63, 3.8) is 0 Å². The molecule has 1 aromatic carbocycles. The predicted molar refractivity (Wildman–Crippen MR) is 218 cm³/mol. The monoisotopic (exact) mass is 824 g/mol. The summed E-state index contributed by atoms with van der Waals surface area (Å²) in [6, 6.07) is 2.87. The molecule has 2 aromatic rings. The van der Waals surface area contributed by atoms with Crippen LogP contribution in [0.5, 0.6) is 5.75 Å². The van der Waals surface area contributed by atoms with Gasteiger partial charge in [0.2, 0.25) is 11.8 Å². The van der Waals surface area contributed by atoms with Gasteiger partial charge in [-0.15, -0.1) is 5.10 Å². The molecule has 2 saturated heterocycles. The second kappa shape index (κ2) is 24.0. The molecule has 0 bridgehead atoms. The lowest BCUT2D eigenvalue weighted by Gasteiger charge is -2.35. The molecule has 0 radical (unpaired) electrons. The van der Waals surface area contributed by atoms with Crippen LogP contribution in [-0.4, -0.2) is 121 Å². The van der Waals surface area contributed by atoms with Crippen LogP contribution in [-0.2, 0) is 39.9 Å². The molecule has 16 heteroatoms. The molecule has 4 N–H and O–H groups in total. The number of nitrogens with zero attached hydrogens (tertiary/aromatic N) is 3. The first-order valence-corrected chi connectivity index (χ1v) is 21.4.